The van der Waals surface area contributed by atoms with Crippen LogP contribution in [0, 0.1) is 5.41 Å². The van der Waals surface area contributed by atoms with Gasteiger partial charge in [-0.05, 0) is 12.8 Å². The first kappa shape index (κ1) is 11.2. The van der Waals surface area contributed by atoms with E-state index >= 15 is 0 Å². The number of carbonyl (C=O) groups is 1. The second-order valence-electron chi connectivity index (χ2n) is 6.44. The average Bonchev–Trinajstić information content (AvgIpc) is 2.81. The molecule has 92 valence electrons. The molecule has 17 heavy (non-hydrogen) atoms. The van der Waals surface area contributed by atoms with E-state index in [1.807, 2.05) is 4.90 Å². The van der Waals surface area contributed by atoms with Crippen molar-refractivity contribution in [3.05, 3.63) is 16.1 Å². The predicted octanol–water partition coefficient (Wildman–Crippen LogP) is 2.68. The van der Waals surface area contributed by atoms with Crippen molar-refractivity contribution in [2.24, 2.45) is 5.41 Å². The van der Waals surface area contributed by atoms with Gasteiger partial charge < -0.3 is 4.90 Å². The topological polar surface area (TPSA) is 33.2 Å². The number of hydrogen-bond donors (Lipinski definition) is 0. The second kappa shape index (κ2) is 3.31. The molecule has 1 aliphatic heterocycles. The van der Waals surface area contributed by atoms with Crippen LogP contribution in [-0.2, 0) is 5.41 Å². The third-order valence-electron chi connectivity index (χ3n) is 3.65. The lowest BCUT2D eigenvalue weighted by Gasteiger charge is -2.39. The van der Waals surface area contributed by atoms with Crippen LogP contribution < -0.4 is 0 Å². The molecule has 4 heteroatoms. The number of thiazole rings is 1. The van der Waals surface area contributed by atoms with Crippen LogP contribution >= 0.6 is 11.3 Å². The minimum Gasteiger partial charge on any atom is -0.337 e. The molecule has 2 fully saturated rings. The van der Waals surface area contributed by atoms with E-state index in [4.69, 9.17) is 0 Å². The van der Waals surface area contributed by atoms with Crippen molar-refractivity contribution in [2.45, 2.75) is 39.0 Å². The molecule has 1 saturated heterocycles. The van der Waals surface area contributed by atoms with Gasteiger partial charge in [0.1, 0.15) is 4.88 Å². The summed E-state index contributed by atoms with van der Waals surface area (Å²) >= 11 is 1.54. The molecule has 3 rings (SSSR count). The van der Waals surface area contributed by atoms with Crippen LogP contribution in [-0.4, -0.2) is 28.9 Å². The summed E-state index contributed by atoms with van der Waals surface area (Å²) in [6.45, 7) is 8.32. The SMILES string of the molecule is CC(C)(C)c1ncc(C(=O)N2CC3(CC3)C2)s1. The van der Waals surface area contributed by atoms with Crippen LogP contribution in [0.1, 0.15) is 48.3 Å². The Hall–Kier alpha value is -0.900. The smallest absolute Gasteiger partial charge is 0.265 e. The third-order valence-corrected chi connectivity index (χ3v) is 5.07. The fraction of sp³-hybridized carbons (Fsp3) is 0.692. The van der Waals surface area contributed by atoms with Crippen molar-refractivity contribution >= 4 is 17.2 Å². The molecule has 0 N–H and O–H groups in total. The zero-order chi connectivity index (χ0) is 12.3. The summed E-state index contributed by atoms with van der Waals surface area (Å²) in [6, 6.07) is 0. The first-order valence-electron chi connectivity index (χ1n) is 6.15. The highest BCUT2D eigenvalue weighted by molar-refractivity contribution is 7.13. The largest absolute Gasteiger partial charge is 0.337 e. The van der Waals surface area contributed by atoms with Gasteiger partial charge in [0, 0.05) is 23.9 Å². The summed E-state index contributed by atoms with van der Waals surface area (Å²) in [6.07, 6.45) is 4.37. The van der Waals surface area contributed by atoms with E-state index in [-0.39, 0.29) is 11.3 Å². The average molecular weight is 250 g/mol. The van der Waals surface area contributed by atoms with Gasteiger partial charge in [0.05, 0.1) is 11.2 Å². The van der Waals surface area contributed by atoms with Crippen LogP contribution in [0.5, 0.6) is 0 Å². The zero-order valence-corrected chi connectivity index (χ0v) is 11.4. The third kappa shape index (κ3) is 1.88. The molecule has 0 bridgehead atoms. The zero-order valence-electron chi connectivity index (χ0n) is 10.6. The van der Waals surface area contributed by atoms with Gasteiger partial charge in [0.25, 0.3) is 5.91 Å². The Morgan fingerprint density at radius 1 is 1.41 bits per heavy atom. The lowest BCUT2D eigenvalue weighted by molar-refractivity contribution is 0.0448. The van der Waals surface area contributed by atoms with Gasteiger partial charge in [-0.3, -0.25) is 4.79 Å². The molecule has 0 aromatic carbocycles. The first-order valence-corrected chi connectivity index (χ1v) is 6.97. The van der Waals surface area contributed by atoms with Crippen molar-refractivity contribution in [1.82, 2.24) is 9.88 Å². The van der Waals surface area contributed by atoms with Crippen molar-refractivity contribution in [2.75, 3.05) is 13.1 Å². The van der Waals surface area contributed by atoms with E-state index in [0.717, 1.165) is 23.0 Å². The van der Waals surface area contributed by atoms with Crippen LogP contribution in [0.2, 0.25) is 0 Å². The lowest BCUT2D eigenvalue weighted by Crippen LogP contribution is -2.51. The maximum absolute atomic E-state index is 12.2. The molecule has 3 nitrogen and oxygen atoms in total. The highest BCUT2D eigenvalue weighted by Crippen LogP contribution is 2.53. The summed E-state index contributed by atoms with van der Waals surface area (Å²) in [4.78, 5) is 19.3. The van der Waals surface area contributed by atoms with Gasteiger partial charge in [-0.25, -0.2) is 4.98 Å². The van der Waals surface area contributed by atoms with E-state index in [0.29, 0.717) is 5.41 Å². The van der Waals surface area contributed by atoms with E-state index in [2.05, 4.69) is 25.8 Å². The van der Waals surface area contributed by atoms with Gasteiger partial charge in [-0.1, -0.05) is 20.8 Å². The van der Waals surface area contributed by atoms with Crippen LogP contribution in [0.4, 0.5) is 0 Å². The van der Waals surface area contributed by atoms with Gasteiger partial charge in [0.2, 0.25) is 0 Å². The van der Waals surface area contributed by atoms with Crippen molar-refractivity contribution < 1.29 is 4.79 Å². The molecule has 1 aromatic heterocycles. The van der Waals surface area contributed by atoms with E-state index in [1.165, 1.54) is 12.8 Å². The molecule has 0 radical (unpaired) electrons. The Morgan fingerprint density at radius 2 is 2.06 bits per heavy atom. The number of rotatable bonds is 1. The van der Waals surface area contributed by atoms with Gasteiger partial charge in [-0.15, -0.1) is 11.3 Å². The van der Waals surface area contributed by atoms with E-state index < -0.39 is 0 Å². The molecule has 1 amide bonds. The predicted molar refractivity (Wildman–Crippen MR) is 68.4 cm³/mol. The minimum absolute atomic E-state index is 0.0376. The van der Waals surface area contributed by atoms with Gasteiger partial charge in [-0.2, -0.15) is 0 Å². The Kier molecular flexibility index (Phi) is 2.18. The number of aromatic nitrogens is 1. The molecule has 0 unspecified atom stereocenters. The van der Waals surface area contributed by atoms with Crippen molar-refractivity contribution in [3.8, 4) is 0 Å². The van der Waals surface area contributed by atoms with Crippen LogP contribution in [0.15, 0.2) is 6.20 Å². The molecule has 1 saturated carbocycles. The van der Waals surface area contributed by atoms with E-state index in [1.54, 1.807) is 17.5 Å². The monoisotopic (exact) mass is 250 g/mol. The van der Waals surface area contributed by atoms with Gasteiger partial charge in [0.15, 0.2) is 0 Å². The summed E-state index contributed by atoms with van der Waals surface area (Å²) < 4.78 is 0. The highest BCUT2D eigenvalue weighted by Gasteiger charge is 2.53. The normalized spacial score (nSPS) is 21.5. The maximum atomic E-state index is 12.2. The van der Waals surface area contributed by atoms with Crippen molar-refractivity contribution in [1.29, 1.82) is 0 Å². The number of hydrogen-bond acceptors (Lipinski definition) is 3. The molecule has 1 aliphatic carbocycles. The molecule has 1 spiro atoms. The molecule has 1 aromatic rings. The molecule has 2 heterocycles. The fourth-order valence-electron chi connectivity index (χ4n) is 2.28. The summed E-state index contributed by atoms with van der Waals surface area (Å²) in [5.41, 5.74) is 0.572. The molecular formula is C13H18N2OS. The van der Waals surface area contributed by atoms with Gasteiger partial charge >= 0.3 is 0 Å². The number of likely N-dealkylation sites (tertiary alicyclic amines) is 1. The number of carbonyl (C=O) groups excluding carboxylic acids is 1. The molecular weight excluding hydrogens is 232 g/mol. The van der Waals surface area contributed by atoms with Crippen molar-refractivity contribution in [3.63, 3.8) is 0 Å². The minimum atomic E-state index is 0.0376. The Balaban J connectivity index is 1.71. The number of amides is 1. The molecule has 0 atom stereocenters. The standard InChI is InChI=1S/C13H18N2OS/c1-12(2,3)11-14-6-9(17-11)10(16)15-7-13(8-15)4-5-13/h6H,4-5,7-8H2,1-3H3. The Labute approximate surface area is 106 Å². The quantitative estimate of drug-likeness (QED) is 0.767. The molecule has 2 aliphatic rings. The summed E-state index contributed by atoms with van der Waals surface area (Å²) in [5, 5.41) is 1.04. The van der Waals surface area contributed by atoms with E-state index in [9.17, 15) is 4.79 Å². The number of nitrogens with zero attached hydrogens (tertiary/aromatic N) is 2. The highest BCUT2D eigenvalue weighted by atomic mass is 32.1. The Bertz CT molecular complexity index is 460. The van der Waals surface area contributed by atoms with Crippen LogP contribution in [0.25, 0.3) is 0 Å². The second-order valence-corrected chi connectivity index (χ2v) is 7.47. The fourth-order valence-corrected chi connectivity index (χ4v) is 3.22. The first-order chi connectivity index (χ1) is 7.90. The lowest BCUT2D eigenvalue weighted by atomic mass is 9.97. The Morgan fingerprint density at radius 3 is 2.53 bits per heavy atom. The summed E-state index contributed by atoms with van der Waals surface area (Å²) in [7, 11) is 0. The maximum Gasteiger partial charge on any atom is 0.265 e. The summed E-state index contributed by atoms with van der Waals surface area (Å²) in [5.74, 6) is 0.176. The van der Waals surface area contributed by atoms with Crippen LogP contribution in [0.3, 0.4) is 0 Å².